The van der Waals surface area contributed by atoms with E-state index in [0.29, 0.717) is 11.6 Å². The molecule has 0 aromatic heterocycles. The minimum absolute atomic E-state index is 0.0267. The molecular weight excluding hydrogens is 354 g/mol. The quantitative estimate of drug-likeness (QED) is 0.812. The monoisotopic (exact) mass is 373 g/mol. The summed E-state index contributed by atoms with van der Waals surface area (Å²) in [6.07, 6.45) is 3.18. The zero-order chi connectivity index (χ0) is 19.7. The van der Waals surface area contributed by atoms with Gasteiger partial charge >= 0.3 is 0 Å². The molecule has 2 aliphatic heterocycles. The van der Waals surface area contributed by atoms with Gasteiger partial charge in [-0.15, -0.1) is 5.06 Å². The van der Waals surface area contributed by atoms with Crippen LogP contribution in [0.5, 0.6) is 5.75 Å². The molecule has 0 aliphatic carbocycles. The van der Waals surface area contributed by atoms with Crippen LogP contribution in [0, 0.1) is 5.41 Å². The number of aliphatic imine (C=N–C) groups is 1. The number of carbonyl (C=O) groups is 1. The summed E-state index contributed by atoms with van der Waals surface area (Å²) in [4.78, 5) is 21.7. The van der Waals surface area contributed by atoms with Crippen molar-refractivity contribution in [1.29, 1.82) is 5.41 Å². The first-order valence-electron chi connectivity index (χ1n) is 8.93. The number of amidine groups is 2. The number of ether oxygens (including phenoxy) is 1. The first kappa shape index (κ1) is 17.7. The number of fused-ring (bicyclic) bond motifs is 1. The maximum atomic E-state index is 12.3. The van der Waals surface area contributed by atoms with Gasteiger partial charge in [0.25, 0.3) is 5.91 Å². The molecule has 6 heteroatoms. The summed E-state index contributed by atoms with van der Waals surface area (Å²) in [6.45, 7) is 3.74. The van der Waals surface area contributed by atoms with E-state index in [-0.39, 0.29) is 17.5 Å². The fourth-order valence-electron chi connectivity index (χ4n) is 3.01. The van der Waals surface area contributed by atoms with Crippen molar-refractivity contribution in [3.63, 3.8) is 0 Å². The van der Waals surface area contributed by atoms with Crippen LogP contribution in [-0.4, -0.2) is 22.6 Å². The number of hydroxylamine groups is 2. The third-order valence-electron chi connectivity index (χ3n) is 4.45. The Balaban J connectivity index is 1.50. The van der Waals surface area contributed by atoms with Crippen LogP contribution < -0.4 is 4.74 Å². The Kier molecular flexibility index (Phi) is 4.53. The number of nitrogens with zero attached hydrogens (tertiary/aromatic N) is 2. The maximum absolute atomic E-state index is 12.3. The normalized spacial score (nSPS) is 18.4. The first-order chi connectivity index (χ1) is 13.5. The van der Waals surface area contributed by atoms with E-state index in [2.05, 4.69) is 4.99 Å². The lowest BCUT2D eigenvalue weighted by atomic mass is 10.1. The van der Waals surface area contributed by atoms with E-state index >= 15 is 0 Å². The van der Waals surface area contributed by atoms with E-state index in [1.807, 2.05) is 61.5 Å². The Morgan fingerprint density at radius 3 is 2.57 bits per heavy atom. The molecule has 0 saturated heterocycles. The molecule has 0 unspecified atom stereocenters. The first-order valence-corrected chi connectivity index (χ1v) is 8.93. The van der Waals surface area contributed by atoms with Crippen molar-refractivity contribution < 1.29 is 14.4 Å². The predicted octanol–water partition coefficient (Wildman–Crippen LogP) is 4.28. The molecule has 0 radical (unpaired) electrons. The highest BCUT2D eigenvalue weighted by Crippen LogP contribution is 2.25. The molecule has 1 N–H and O–H groups in total. The second-order valence-electron chi connectivity index (χ2n) is 6.56. The molecule has 0 saturated carbocycles. The molecule has 2 aromatic rings. The molecule has 140 valence electrons. The van der Waals surface area contributed by atoms with Crippen molar-refractivity contribution in [2.24, 2.45) is 4.99 Å². The van der Waals surface area contributed by atoms with E-state index in [1.54, 1.807) is 19.1 Å². The van der Waals surface area contributed by atoms with Crippen LogP contribution in [0.1, 0.15) is 31.1 Å². The smallest absolute Gasteiger partial charge is 0.282 e. The Hall–Kier alpha value is -3.67. The predicted molar refractivity (Wildman–Crippen MR) is 107 cm³/mol. The van der Waals surface area contributed by atoms with Gasteiger partial charge in [-0.3, -0.25) is 10.2 Å². The minimum Gasteiger partial charge on any atom is -0.486 e. The highest BCUT2D eigenvalue weighted by molar-refractivity contribution is 6.32. The Labute approximate surface area is 162 Å². The average Bonchev–Trinajstić information content (AvgIpc) is 3.07. The SMILES string of the molecule is CC1=CC2=NC(=O)/C(=C/c3ccc(O[C@H](C)c4ccccc4)cc3)C(=N)N2O1. The number of benzene rings is 2. The van der Waals surface area contributed by atoms with Gasteiger partial charge in [0.15, 0.2) is 11.7 Å². The number of hydrogen-bond acceptors (Lipinski definition) is 4. The zero-order valence-electron chi connectivity index (χ0n) is 15.5. The van der Waals surface area contributed by atoms with Gasteiger partial charge in [-0.1, -0.05) is 42.5 Å². The van der Waals surface area contributed by atoms with Crippen LogP contribution in [0.25, 0.3) is 6.08 Å². The number of hydrogen-bond donors (Lipinski definition) is 1. The maximum Gasteiger partial charge on any atom is 0.282 e. The van der Waals surface area contributed by atoms with Gasteiger partial charge in [-0.25, -0.2) is 0 Å². The fourth-order valence-corrected chi connectivity index (χ4v) is 3.01. The molecule has 0 bridgehead atoms. The van der Waals surface area contributed by atoms with Crippen molar-refractivity contribution in [3.05, 3.63) is 83.1 Å². The summed E-state index contributed by atoms with van der Waals surface area (Å²) >= 11 is 0. The van der Waals surface area contributed by atoms with Crippen molar-refractivity contribution in [1.82, 2.24) is 5.06 Å². The fraction of sp³-hybridized carbons (Fsp3) is 0.136. The molecule has 2 aromatic carbocycles. The second-order valence-corrected chi connectivity index (χ2v) is 6.56. The highest BCUT2D eigenvalue weighted by atomic mass is 16.7. The van der Waals surface area contributed by atoms with E-state index in [1.165, 1.54) is 5.06 Å². The van der Waals surface area contributed by atoms with E-state index in [0.717, 1.165) is 16.9 Å². The van der Waals surface area contributed by atoms with Crippen molar-refractivity contribution in [2.75, 3.05) is 0 Å². The minimum atomic E-state index is -0.455. The lowest BCUT2D eigenvalue weighted by Gasteiger charge is -2.23. The van der Waals surface area contributed by atoms with E-state index < -0.39 is 5.91 Å². The zero-order valence-corrected chi connectivity index (χ0v) is 15.5. The second kappa shape index (κ2) is 7.15. The van der Waals surface area contributed by atoms with E-state index in [4.69, 9.17) is 15.0 Å². The lowest BCUT2D eigenvalue weighted by Crippen LogP contribution is -2.38. The van der Waals surface area contributed by atoms with Crippen LogP contribution in [0.15, 0.2) is 77.0 Å². The molecule has 1 amide bonds. The lowest BCUT2D eigenvalue weighted by molar-refractivity contribution is -0.114. The van der Waals surface area contributed by atoms with E-state index in [9.17, 15) is 4.79 Å². The van der Waals surface area contributed by atoms with Gasteiger partial charge in [0.2, 0.25) is 0 Å². The molecule has 1 atom stereocenters. The third-order valence-corrected chi connectivity index (χ3v) is 4.45. The summed E-state index contributed by atoms with van der Waals surface area (Å²) in [5.74, 6) is 1.17. The Morgan fingerprint density at radius 2 is 1.86 bits per heavy atom. The highest BCUT2D eigenvalue weighted by Gasteiger charge is 2.34. The van der Waals surface area contributed by atoms with Crippen molar-refractivity contribution in [2.45, 2.75) is 20.0 Å². The number of nitrogens with one attached hydrogen (secondary N) is 1. The third kappa shape index (κ3) is 3.44. The van der Waals surface area contributed by atoms with Crippen LogP contribution in [0.4, 0.5) is 0 Å². The van der Waals surface area contributed by atoms with Gasteiger partial charge in [0.1, 0.15) is 17.6 Å². The molecule has 2 aliphatic rings. The largest absolute Gasteiger partial charge is 0.486 e. The van der Waals surface area contributed by atoms with Gasteiger partial charge in [0.05, 0.1) is 5.57 Å². The van der Waals surface area contributed by atoms with Gasteiger partial charge < -0.3 is 9.57 Å². The molecule has 0 fully saturated rings. The Morgan fingerprint density at radius 1 is 1.14 bits per heavy atom. The number of carbonyl (C=O) groups excluding carboxylic acids is 1. The van der Waals surface area contributed by atoms with Crippen LogP contribution in [-0.2, 0) is 9.63 Å². The van der Waals surface area contributed by atoms with Gasteiger partial charge in [0, 0.05) is 6.08 Å². The van der Waals surface area contributed by atoms with Crippen LogP contribution in [0.2, 0.25) is 0 Å². The number of rotatable bonds is 4. The van der Waals surface area contributed by atoms with Gasteiger partial charge in [-0.2, -0.15) is 4.99 Å². The summed E-state index contributed by atoms with van der Waals surface area (Å²) in [6, 6.07) is 17.4. The average molecular weight is 373 g/mol. The van der Waals surface area contributed by atoms with Crippen molar-refractivity contribution >= 4 is 23.7 Å². The summed E-state index contributed by atoms with van der Waals surface area (Å²) in [7, 11) is 0. The standard InChI is InChI=1S/C22H19N3O3/c1-14-12-20-24-22(26)19(21(23)25(20)28-14)13-16-8-10-18(11-9-16)27-15(2)17-6-4-3-5-7-17/h3-13,15,23H,1-2H3/b19-13+,23-21?/t15-/m1/s1. The molecule has 0 spiro atoms. The molecule has 4 rings (SSSR count). The molecule has 28 heavy (non-hydrogen) atoms. The van der Waals surface area contributed by atoms with Crippen LogP contribution in [0.3, 0.4) is 0 Å². The Bertz CT molecular complexity index is 1020. The molecule has 6 nitrogen and oxygen atoms in total. The summed E-state index contributed by atoms with van der Waals surface area (Å²) in [5.41, 5.74) is 2.05. The molecular formula is C22H19N3O3. The number of allylic oxidation sites excluding steroid dienone is 1. The summed E-state index contributed by atoms with van der Waals surface area (Å²) < 4.78 is 5.97. The summed E-state index contributed by atoms with van der Waals surface area (Å²) in [5, 5.41) is 9.50. The van der Waals surface area contributed by atoms with Crippen molar-refractivity contribution in [3.8, 4) is 5.75 Å². The topological polar surface area (TPSA) is 75.0 Å². The molecule has 2 heterocycles. The van der Waals surface area contributed by atoms with Crippen LogP contribution >= 0.6 is 0 Å². The van der Waals surface area contributed by atoms with Gasteiger partial charge in [-0.05, 0) is 43.2 Å². The number of amides is 1.